The highest BCUT2D eigenvalue weighted by Gasteiger charge is 2.20. The molecule has 6 nitrogen and oxygen atoms in total. The Hall–Kier alpha value is -2.47. The van der Waals surface area contributed by atoms with Crippen LogP contribution in [0.25, 0.3) is 11.0 Å². The summed E-state index contributed by atoms with van der Waals surface area (Å²) in [5.74, 6) is 0.648. The van der Waals surface area contributed by atoms with Gasteiger partial charge in [0.15, 0.2) is 5.75 Å². The fourth-order valence-corrected chi connectivity index (χ4v) is 2.20. The molecule has 102 valence electrons. The number of nitrogens with zero attached hydrogens (tertiary/aromatic N) is 4. The van der Waals surface area contributed by atoms with Gasteiger partial charge in [-0.05, 0) is 12.1 Å². The minimum atomic E-state index is -0.436. The van der Waals surface area contributed by atoms with Crippen molar-refractivity contribution >= 4 is 11.0 Å². The molecule has 20 heavy (non-hydrogen) atoms. The van der Waals surface area contributed by atoms with Gasteiger partial charge in [0.2, 0.25) is 0 Å². The van der Waals surface area contributed by atoms with Crippen LogP contribution in [0.15, 0.2) is 36.7 Å². The number of aryl methyl sites for hydroxylation is 1. The first-order valence-electron chi connectivity index (χ1n) is 6.24. The van der Waals surface area contributed by atoms with Crippen molar-refractivity contribution in [2.75, 3.05) is 7.11 Å². The first-order chi connectivity index (χ1) is 9.70. The lowest BCUT2D eigenvalue weighted by Gasteiger charge is -2.13. The summed E-state index contributed by atoms with van der Waals surface area (Å²) < 4.78 is 6.98. The zero-order valence-electron chi connectivity index (χ0n) is 11.3. The Morgan fingerprint density at radius 1 is 1.20 bits per heavy atom. The fourth-order valence-electron chi connectivity index (χ4n) is 2.20. The molecule has 0 bridgehead atoms. The molecule has 6 heteroatoms. The summed E-state index contributed by atoms with van der Waals surface area (Å²) in [5, 5.41) is 4.16. The Kier molecular flexibility index (Phi) is 3.08. The third-order valence-corrected chi connectivity index (χ3v) is 3.25. The van der Waals surface area contributed by atoms with Gasteiger partial charge in [-0.25, -0.2) is 4.98 Å². The second-order valence-corrected chi connectivity index (χ2v) is 4.48. The summed E-state index contributed by atoms with van der Waals surface area (Å²) in [7, 11) is 3.42. The highest BCUT2D eigenvalue weighted by atomic mass is 16.5. The van der Waals surface area contributed by atoms with Crippen LogP contribution in [0.4, 0.5) is 0 Å². The van der Waals surface area contributed by atoms with Crippen LogP contribution in [-0.2, 0) is 7.05 Å². The van der Waals surface area contributed by atoms with Gasteiger partial charge in [0.25, 0.3) is 0 Å². The Labute approximate surface area is 116 Å². The van der Waals surface area contributed by atoms with Crippen molar-refractivity contribution in [2.45, 2.75) is 6.04 Å². The van der Waals surface area contributed by atoms with E-state index < -0.39 is 6.04 Å². The van der Waals surface area contributed by atoms with E-state index in [0.717, 1.165) is 16.7 Å². The maximum absolute atomic E-state index is 6.29. The van der Waals surface area contributed by atoms with E-state index in [9.17, 15) is 0 Å². The Morgan fingerprint density at radius 3 is 2.70 bits per heavy atom. The molecule has 2 heterocycles. The molecule has 0 spiro atoms. The number of rotatable bonds is 3. The van der Waals surface area contributed by atoms with Crippen LogP contribution < -0.4 is 10.5 Å². The van der Waals surface area contributed by atoms with Crippen molar-refractivity contribution in [3.8, 4) is 5.75 Å². The second kappa shape index (κ2) is 4.90. The van der Waals surface area contributed by atoms with Gasteiger partial charge < -0.3 is 10.5 Å². The van der Waals surface area contributed by atoms with E-state index in [-0.39, 0.29) is 0 Å². The standard InChI is InChI=1S/C14H15N5O/c1-19-14(12(20-2)8-17-19)13(15)11-7-16-9-5-3-4-6-10(9)18-11/h3-8,13H,15H2,1-2H3. The number of methoxy groups -OCH3 is 1. The van der Waals surface area contributed by atoms with Gasteiger partial charge in [0.1, 0.15) is 5.69 Å². The molecule has 1 unspecified atom stereocenters. The van der Waals surface area contributed by atoms with Crippen molar-refractivity contribution in [1.82, 2.24) is 19.7 Å². The Morgan fingerprint density at radius 2 is 1.95 bits per heavy atom. The number of hydrogen-bond donors (Lipinski definition) is 1. The predicted molar refractivity (Wildman–Crippen MR) is 75.3 cm³/mol. The molecule has 1 aromatic carbocycles. The molecule has 0 saturated carbocycles. The van der Waals surface area contributed by atoms with Gasteiger partial charge >= 0.3 is 0 Å². The highest BCUT2D eigenvalue weighted by molar-refractivity contribution is 5.73. The molecule has 3 aromatic rings. The average Bonchev–Trinajstić information content (AvgIpc) is 2.87. The van der Waals surface area contributed by atoms with Gasteiger partial charge in [0, 0.05) is 7.05 Å². The zero-order valence-corrected chi connectivity index (χ0v) is 11.3. The van der Waals surface area contributed by atoms with E-state index in [2.05, 4.69) is 15.1 Å². The SMILES string of the molecule is COc1cnn(C)c1C(N)c1cnc2ccccc2n1. The van der Waals surface area contributed by atoms with Gasteiger partial charge in [-0.15, -0.1) is 0 Å². The molecule has 0 amide bonds. The third-order valence-electron chi connectivity index (χ3n) is 3.25. The number of benzene rings is 1. The first-order valence-corrected chi connectivity index (χ1v) is 6.24. The predicted octanol–water partition coefficient (Wildman–Crippen LogP) is 1.42. The van der Waals surface area contributed by atoms with Gasteiger partial charge in [0.05, 0.1) is 42.3 Å². The van der Waals surface area contributed by atoms with Crippen molar-refractivity contribution < 1.29 is 4.74 Å². The summed E-state index contributed by atoms with van der Waals surface area (Å²) in [5.41, 5.74) is 9.42. The quantitative estimate of drug-likeness (QED) is 0.778. The smallest absolute Gasteiger partial charge is 0.161 e. The summed E-state index contributed by atoms with van der Waals surface area (Å²) in [6.07, 6.45) is 3.34. The van der Waals surface area contributed by atoms with E-state index in [0.29, 0.717) is 11.4 Å². The lowest BCUT2D eigenvalue weighted by molar-refractivity contribution is 0.405. The van der Waals surface area contributed by atoms with E-state index >= 15 is 0 Å². The largest absolute Gasteiger partial charge is 0.493 e. The van der Waals surface area contributed by atoms with Crippen LogP contribution in [0.2, 0.25) is 0 Å². The molecule has 1 atom stereocenters. The van der Waals surface area contributed by atoms with Crippen molar-refractivity contribution in [2.24, 2.45) is 12.8 Å². The monoisotopic (exact) mass is 269 g/mol. The van der Waals surface area contributed by atoms with Crippen LogP contribution in [0.1, 0.15) is 17.4 Å². The Balaban J connectivity index is 2.07. The number of ether oxygens (including phenoxy) is 1. The topological polar surface area (TPSA) is 78.9 Å². The molecular formula is C14H15N5O. The average molecular weight is 269 g/mol. The molecule has 0 aliphatic rings. The summed E-state index contributed by atoms with van der Waals surface area (Å²) in [6, 6.07) is 7.26. The van der Waals surface area contributed by atoms with Crippen molar-refractivity contribution in [3.63, 3.8) is 0 Å². The van der Waals surface area contributed by atoms with E-state index in [4.69, 9.17) is 10.5 Å². The minimum absolute atomic E-state index is 0.436. The molecule has 0 saturated heterocycles. The number of para-hydroxylation sites is 2. The molecule has 2 aromatic heterocycles. The number of hydrogen-bond acceptors (Lipinski definition) is 5. The third kappa shape index (κ3) is 2.00. The molecule has 0 radical (unpaired) electrons. The molecule has 0 fully saturated rings. The molecule has 0 aliphatic heterocycles. The Bertz CT molecular complexity index is 752. The van der Waals surface area contributed by atoms with E-state index in [1.165, 1.54) is 0 Å². The lowest BCUT2D eigenvalue weighted by atomic mass is 10.1. The van der Waals surface area contributed by atoms with Crippen LogP contribution >= 0.6 is 0 Å². The minimum Gasteiger partial charge on any atom is -0.493 e. The normalized spacial score (nSPS) is 12.6. The lowest BCUT2D eigenvalue weighted by Crippen LogP contribution is -2.18. The fraction of sp³-hybridized carbons (Fsp3) is 0.214. The first kappa shape index (κ1) is 12.6. The van der Waals surface area contributed by atoms with Crippen LogP contribution in [0.3, 0.4) is 0 Å². The highest BCUT2D eigenvalue weighted by Crippen LogP contribution is 2.26. The summed E-state index contributed by atoms with van der Waals surface area (Å²) in [6.45, 7) is 0. The van der Waals surface area contributed by atoms with Gasteiger partial charge in [-0.3, -0.25) is 9.67 Å². The number of aromatic nitrogens is 4. The maximum atomic E-state index is 6.29. The van der Waals surface area contributed by atoms with E-state index in [1.807, 2.05) is 31.3 Å². The van der Waals surface area contributed by atoms with Crippen LogP contribution in [0, 0.1) is 0 Å². The number of nitrogens with two attached hydrogens (primary N) is 1. The van der Waals surface area contributed by atoms with Crippen molar-refractivity contribution in [3.05, 3.63) is 48.0 Å². The molecule has 0 aliphatic carbocycles. The van der Waals surface area contributed by atoms with Crippen molar-refractivity contribution in [1.29, 1.82) is 0 Å². The van der Waals surface area contributed by atoms with Gasteiger partial charge in [-0.1, -0.05) is 12.1 Å². The number of fused-ring (bicyclic) bond motifs is 1. The second-order valence-electron chi connectivity index (χ2n) is 4.48. The summed E-state index contributed by atoms with van der Waals surface area (Å²) in [4.78, 5) is 8.95. The molecule has 2 N–H and O–H groups in total. The maximum Gasteiger partial charge on any atom is 0.161 e. The zero-order chi connectivity index (χ0) is 14.1. The van der Waals surface area contributed by atoms with Gasteiger partial charge in [-0.2, -0.15) is 5.10 Å². The van der Waals surface area contributed by atoms with Crippen LogP contribution in [-0.4, -0.2) is 26.9 Å². The van der Waals surface area contributed by atoms with Crippen LogP contribution in [0.5, 0.6) is 5.75 Å². The van der Waals surface area contributed by atoms with E-state index in [1.54, 1.807) is 24.2 Å². The molecular weight excluding hydrogens is 254 g/mol. The summed E-state index contributed by atoms with van der Waals surface area (Å²) >= 11 is 0. The molecule has 3 rings (SSSR count).